The topological polar surface area (TPSA) is 71.5 Å². The van der Waals surface area contributed by atoms with Crippen molar-refractivity contribution < 1.29 is 9.53 Å². The van der Waals surface area contributed by atoms with E-state index in [1.807, 2.05) is 0 Å². The van der Waals surface area contributed by atoms with Crippen LogP contribution in [-0.4, -0.2) is 23.3 Å². The van der Waals surface area contributed by atoms with Crippen LogP contribution < -0.4 is 5.56 Å². The number of hydrogen-bond donors (Lipinski definition) is 1. The van der Waals surface area contributed by atoms with Crippen LogP contribution in [0.3, 0.4) is 0 Å². The van der Waals surface area contributed by atoms with Crippen molar-refractivity contribution in [3.8, 4) is 0 Å². The quantitative estimate of drug-likeness (QED) is 0.817. The molecule has 25 heavy (non-hydrogen) atoms. The van der Waals surface area contributed by atoms with Crippen LogP contribution in [0.5, 0.6) is 0 Å². The number of nitrogens with one attached hydrogen (secondary N) is 1. The number of esters is 1. The molecule has 0 spiro atoms. The maximum Gasteiger partial charge on any atom is 0.315 e. The number of ether oxygens (including phenoxy) is 1. The summed E-state index contributed by atoms with van der Waals surface area (Å²) in [6.45, 7) is 3.71. The van der Waals surface area contributed by atoms with Crippen LogP contribution in [0.25, 0.3) is 0 Å². The Kier molecular flexibility index (Phi) is 4.97. The van der Waals surface area contributed by atoms with Gasteiger partial charge in [0.1, 0.15) is 5.92 Å². The summed E-state index contributed by atoms with van der Waals surface area (Å²) in [7, 11) is 0. The Morgan fingerprint density at radius 1 is 1.32 bits per heavy atom. The third-order valence-corrected chi connectivity index (χ3v) is 5.06. The Balaban J connectivity index is 2.29. The summed E-state index contributed by atoms with van der Waals surface area (Å²) in [4.78, 5) is 32.2. The molecule has 0 amide bonds. The third-order valence-electron chi connectivity index (χ3n) is 4.22. The highest BCUT2D eigenvalue weighted by atomic mass is 35.5. The fraction of sp³-hybridized carbons (Fsp3) is 0.278. The monoisotopic (exact) mass is 378 g/mol. The van der Waals surface area contributed by atoms with E-state index >= 15 is 0 Å². The summed E-state index contributed by atoms with van der Waals surface area (Å²) >= 11 is 12.6. The maximum atomic E-state index is 12.6. The van der Waals surface area contributed by atoms with E-state index in [4.69, 9.17) is 27.9 Å². The molecule has 7 heteroatoms. The maximum absolute atomic E-state index is 12.6. The lowest BCUT2D eigenvalue weighted by atomic mass is 9.76. The van der Waals surface area contributed by atoms with Gasteiger partial charge in [-0.05, 0) is 31.5 Å². The standard InChI is InChI=1S/C18H16Cl2N2O3/c1-3-25-18(24)13-9(2)22-12-7-8-21-17(23)15(12)14(13)10-5-4-6-11(19)16(10)20/h4-8,13-14H,3H2,1-2H3,(H,21,23). The van der Waals surface area contributed by atoms with E-state index in [2.05, 4.69) is 9.98 Å². The van der Waals surface area contributed by atoms with E-state index in [0.717, 1.165) is 0 Å². The van der Waals surface area contributed by atoms with Gasteiger partial charge in [0, 0.05) is 17.8 Å². The largest absolute Gasteiger partial charge is 0.465 e. The van der Waals surface area contributed by atoms with Gasteiger partial charge in [0.2, 0.25) is 0 Å². The van der Waals surface area contributed by atoms with E-state index < -0.39 is 17.8 Å². The number of aliphatic imine (C=N–C) groups is 1. The summed E-state index contributed by atoms with van der Waals surface area (Å²) in [5, 5.41) is 0.670. The van der Waals surface area contributed by atoms with Crippen molar-refractivity contribution in [3.05, 3.63) is 62.0 Å². The van der Waals surface area contributed by atoms with Gasteiger partial charge in [-0.15, -0.1) is 0 Å². The van der Waals surface area contributed by atoms with Gasteiger partial charge in [0.15, 0.2) is 0 Å². The molecule has 2 heterocycles. The van der Waals surface area contributed by atoms with Gasteiger partial charge >= 0.3 is 5.97 Å². The summed E-state index contributed by atoms with van der Waals surface area (Å²) < 4.78 is 5.22. The number of aromatic nitrogens is 1. The first-order valence-corrected chi connectivity index (χ1v) is 8.58. The lowest BCUT2D eigenvalue weighted by molar-refractivity contribution is -0.146. The fourth-order valence-electron chi connectivity index (χ4n) is 3.18. The predicted molar refractivity (Wildman–Crippen MR) is 98.3 cm³/mol. The van der Waals surface area contributed by atoms with E-state index in [0.29, 0.717) is 32.6 Å². The number of nitrogens with zero attached hydrogens (tertiary/aromatic N) is 1. The van der Waals surface area contributed by atoms with Gasteiger partial charge in [0.05, 0.1) is 27.9 Å². The summed E-state index contributed by atoms with van der Waals surface area (Å²) in [6.07, 6.45) is 1.53. The highest BCUT2D eigenvalue weighted by Crippen LogP contribution is 2.44. The fourth-order valence-corrected chi connectivity index (χ4v) is 3.61. The van der Waals surface area contributed by atoms with Crippen LogP contribution in [0, 0.1) is 5.92 Å². The highest BCUT2D eigenvalue weighted by molar-refractivity contribution is 6.42. The lowest BCUT2D eigenvalue weighted by Crippen LogP contribution is -2.36. The van der Waals surface area contributed by atoms with Crippen LogP contribution in [0.4, 0.5) is 5.69 Å². The molecule has 1 aromatic carbocycles. The number of pyridine rings is 1. The molecular formula is C18H16Cl2N2O3. The molecule has 0 saturated heterocycles. The summed E-state index contributed by atoms with van der Waals surface area (Å²) in [5.41, 5.74) is 1.75. The first kappa shape index (κ1) is 17.7. The van der Waals surface area contributed by atoms with E-state index in [1.54, 1.807) is 38.1 Å². The zero-order valence-electron chi connectivity index (χ0n) is 13.7. The molecule has 1 N–H and O–H groups in total. The van der Waals surface area contributed by atoms with Crippen molar-refractivity contribution in [2.24, 2.45) is 10.9 Å². The van der Waals surface area contributed by atoms with Crippen LogP contribution >= 0.6 is 23.2 Å². The molecule has 3 rings (SSSR count). The second-order valence-electron chi connectivity index (χ2n) is 5.71. The predicted octanol–water partition coefficient (Wildman–Crippen LogP) is 4.10. The molecule has 0 radical (unpaired) electrons. The number of fused-ring (bicyclic) bond motifs is 1. The Hall–Kier alpha value is -2.11. The van der Waals surface area contributed by atoms with E-state index in [9.17, 15) is 9.59 Å². The smallest absolute Gasteiger partial charge is 0.315 e. The van der Waals surface area contributed by atoms with Gasteiger partial charge in [-0.3, -0.25) is 14.6 Å². The number of carbonyl (C=O) groups excluding carboxylic acids is 1. The van der Waals surface area contributed by atoms with Crippen LogP contribution in [0.1, 0.15) is 30.9 Å². The molecule has 1 aliphatic heterocycles. The molecule has 130 valence electrons. The minimum atomic E-state index is -0.744. The normalized spacial score (nSPS) is 19.1. The first-order valence-electron chi connectivity index (χ1n) is 7.83. The van der Waals surface area contributed by atoms with E-state index in [1.165, 1.54) is 6.20 Å². The van der Waals surface area contributed by atoms with Gasteiger partial charge in [0.25, 0.3) is 5.56 Å². The molecular weight excluding hydrogens is 363 g/mol. The summed E-state index contributed by atoms with van der Waals surface area (Å²) in [5.74, 6) is -1.81. The van der Waals surface area contributed by atoms with Crippen molar-refractivity contribution in [2.45, 2.75) is 19.8 Å². The minimum absolute atomic E-state index is 0.233. The van der Waals surface area contributed by atoms with Crippen molar-refractivity contribution in [2.75, 3.05) is 6.61 Å². The SMILES string of the molecule is CCOC(=O)C1C(C)=Nc2cc[nH]c(=O)c2C1c1cccc(Cl)c1Cl. The second kappa shape index (κ2) is 7.02. The Bertz CT molecular complexity index is 921. The highest BCUT2D eigenvalue weighted by Gasteiger charge is 2.41. The average molecular weight is 379 g/mol. The molecule has 2 atom stereocenters. The molecule has 0 aliphatic carbocycles. The number of halogens is 2. The molecule has 2 aromatic rings. The van der Waals surface area contributed by atoms with Crippen LogP contribution in [0.15, 0.2) is 40.2 Å². The molecule has 1 aromatic heterocycles. The second-order valence-corrected chi connectivity index (χ2v) is 6.49. The molecule has 2 unspecified atom stereocenters. The van der Waals surface area contributed by atoms with Crippen molar-refractivity contribution in [3.63, 3.8) is 0 Å². The van der Waals surface area contributed by atoms with Crippen LogP contribution in [-0.2, 0) is 9.53 Å². The van der Waals surface area contributed by atoms with Crippen LogP contribution in [0.2, 0.25) is 10.0 Å². The van der Waals surface area contributed by atoms with Gasteiger partial charge < -0.3 is 9.72 Å². The average Bonchev–Trinajstić information content (AvgIpc) is 2.56. The third kappa shape index (κ3) is 3.10. The zero-order valence-corrected chi connectivity index (χ0v) is 15.2. The number of aromatic amines is 1. The first-order chi connectivity index (χ1) is 12.0. The number of carbonyl (C=O) groups is 1. The lowest BCUT2D eigenvalue weighted by Gasteiger charge is -2.31. The number of H-pyrrole nitrogens is 1. The van der Waals surface area contributed by atoms with Crippen molar-refractivity contribution in [1.82, 2.24) is 4.98 Å². The molecule has 0 saturated carbocycles. The van der Waals surface area contributed by atoms with Crippen molar-refractivity contribution in [1.29, 1.82) is 0 Å². The molecule has 0 bridgehead atoms. The van der Waals surface area contributed by atoms with Crippen molar-refractivity contribution >= 4 is 40.6 Å². The van der Waals surface area contributed by atoms with E-state index in [-0.39, 0.29) is 12.2 Å². The Morgan fingerprint density at radius 3 is 2.80 bits per heavy atom. The summed E-state index contributed by atoms with van der Waals surface area (Å²) in [6, 6.07) is 6.86. The Morgan fingerprint density at radius 2 is 2.08 bits per heavy atom. The zero-order chi connectivity index (χ0) is 18.1. The Labute approximate surface area is 154 Å². The minimum Gasteiger partial charge on any atom is -0.465 e. The molecule has 1 aliphatic rings. The molecule has 5 nitrogen and oxygen atoms in total. The number of rotatable bonds is 3. The molecule has 0 fully saturated rings. The number of benzene rings is 1. The van der Waals surface area contributed by atoms with Gasteiger partial charge in [-0.2, -0.15) is 0 Å². The number of hydrogen-bond acceptors (Lipinski definition) is 4. The van der Waals surface area contributed by atoms with Gasteiger partial charge in [-0.25, -0.2) is 0 Å². The van der Waals surface area contributed by atoms with Gasteiger partial charge in [-0.1, -0.05) is 35.3 Å².